The Bertz CT molecular complexity index is 463. The van der Waals surface area contributed by atoms with Crippen molar-refractivity contribution in [3.05, 3.63) is 33.2 Å². The largest absolute Gasteiger partial charge is 0.384 e. The van der Waals surface area contributed by atoms with Crippen LogP contribution in [0.3, 0.4) is 0 Å². The van der Waals surface area contributed by atoms with E-state index >= 15 is 0 Å². The van der Waals surface area contributed by atoms with Crippen LogP contribution in [0.25, 0.3) is 0 Å². The van der Waals surface area contributed by atoms with Gasteiger partial charge in [0.2, 0.25) is 0 Å². The van der Waals surface area contributed by atoms with Crippen LogP contribution in [0.1, 0.15) is 16.8 Å². The number of aromatic nitrogens is 1. The highest BCUT2D eigenvalue weighted by molar-refractivity contribution is 5.95. The fraction of sp³-hybridized carbons (Fsp3) is 0.455. The molecule has 0 bridgehead atoms. The van der Waals surface area contributed by atoms with Crippen molar-refractivity contribution >= 4 is 5.84 Å². The van der Waals surface area contributed by atoms with Gasteiger partial charge in [0, 0.05) is 19.3 Å². The number of nitrogens with zero attached hydrogens (tertiary/aromatic N) is 1. The highest BCUT2D eigenvalue weighted by Crippen LogP contribution is 2.05. The topological polar surface area (TPSA) is 81.1 Å². The van der Waals surface area contributed by atoms with Gasteiger partial charge in [-0.1, -0.05) is 0 Å². The van der Waals surface area contributed by atoms with Gasteiger partial charge in [-0.3, -0.25) is 10.2 Å². The minimum Gasteiger partial charge on any atom is -0.384 e. The second kappa shape index (κ2) is 4.94. The second-order valence-electron chi connectivity index (χ2n) is 3.71. The van der Waals surface area contributed by atoms with E-state index in [1.54, 1.807) is 18.6 Å². The van der Waals surface area contributed by atoms with Crippen molar-refractivity contribution in [2.45, 2.75) is 20.4 Å². The molecule has 5 nitrogen and oxygen atoms in total. The zero-order valence-electron chi connectivity index (χ0n) is 9.83. The lowest BCUT2D eigenvalue weighted by Gasteiger charge is -2.13. The molecule has 16 heavy (non-hydrogen) atoms. The summed E-state index contributed by atoms with van der Waals surface area (Å²) in [5, 5.41) is 7.39. The summed E-state index contributed by atoms with van der Waals surface area (Å²) in [5.74, 6) is -0.186. The van der Waals surface area contributed by atoms with E-state index in [-0.39, 0.29) is 17.0 Å². The maximum Gasteiger partial charge on any atom is 0.262 e. The summed E-state index contributed by atoms with van der Waals surface area (Å²) in [6.45, 7) is 4.57. The molecule has 0 aromatic carbocycles. The minimum absolute atomic E-state index is 0.186. The maximum atomic E-state index is 12.0. The quantitative estimate of drug-likeness (QED) is 0.572. The van der Waals surface area contributed by atoms with E-state index in [4.69, 9.17) is 15.9 Å². The number of amidine groups is 1. The monoisotopic (exact) mass is 223 g/mol. The number of pyridine rings is 1. The van der Waals surface area contributed by atoms with E-state index in [0.29, 0.717) is 13.2 Å². The number of aryl methyl sites for hydroxylation is 2. The van der Waals surface area contributed by atoms with Crippen molar-refractivity contribution in [1.82, 2.24) is 4.57 Å². The van der Waals surface area contributed by atoms with Crippen LogP contribution in [0.2, 0.25) is 0 Å². The summed E-state index contributed by atoms with van der Waals surface area (Å²) in [6.07, 6.45) is 0. The Kier molecular flexibility index (Phi) is 3.84. The molecule has 0 fully saturated rings. The molecule has 0 unspecified atom stereocenters. The van der Waals surface area contributed by atoms with E-state index in [2.05, 4.69) is 0 Å². The molecule has 88 valence electrons. The third-order valence-corrected chi connectivity index (χ3v) is 2.49. The molecule has 0 amide bonds. The number of methoxy groups -OCH3 is 1. The van der Waals surface area contributed by atoms with Crippen molar-refractivity contribution in [2.24, 2.45) is 5.73 Å². The number of hydrogen-bond donors (Lipinski definition) is 2. The van der Waals surface area contributed by atoms with Crippen LogP contribution in [0.4, 0.5) is 0 Å². The zero-order valence-corrected chi connectivity index (χ0v) is 9.83. The van der Waals surface area contributed by atoms with Crippen molar-refractivity contribution in [2.75, 3.05) is 13.7 Å². The Balaban J connectivity index is 3.34. The summed E-state index contributed by atoms with van der Waals surface area (Å²) >= 11 is 0. The molecule has 0 spiro atoms. The van der Waals surface area contributed by atoms with E-state index in [1.807, 2.05) is 13.0 Å². The molecule has 3 N–H and O–H groups in total. The first kappa shape index (κ1) is 12.4. The van der Waals surface area contributed by atoms with Gasteiger partial charge in [-0.2, -0.15) is 0 Å². The Morgan fingerprint density at radius 2 is 2.19 bits per heavy atom. The van der Waals surface area contributed by atoms with E-state index in [1.165, 1.54) is 0 Å². The fourth-order valence-electron chi connectivity index (χ4n) is 1.72. The summed E-state index contributed by atoms with van der Waals surface area (Å²) < 4.78 is 6.52. The lowest BCUT2D eigenvalue weighted by molar-refractivity contribution is 0.185. The summed E-state index contributed by atoms with van der Waals surface area (Å²) in [5.41, 5.74) is 7.05. The van der Waals surface area contributed by atoms with Crippen LogP contribution in [-0.4, -0.2) is 24.1 Å². The Morgan fingerprint density at radius 3 is 2.69 bits per heavy atom. The average Bonchev–Trinajstić information content (AvgIpc) is 2.16. The lowest BCUT2D eigenvalue weighted by Crippen LogP contribution is -2.33. The van der Waals surface area contributed by atoms with Crippen LogP contribution >= 0.6 is 0 Å². The van der Waals surface area contributed by atoms with Gasteiger partial charge in [0.15, 0.2) is 0 Å². The number of nitrogens with two attached hydrogens (primary N) is 1. The molecule has 0 aliphatic heterocycles. The second-order valence-corrected chi connectivity index (χ2v) is 3.71. The molecule has 1 rings (SSSR count). The first-order chi connectivity index (χ1) is 7.49. The highest BCUT2D eigenvalue weighted by Gasteiger charge is 2.12. The smallest absolute Gasteiger partial charge is 0.262 e. The normalized spacial score (nSPS) is 10.4. The van der Waals surface area contributed by atoms with Crippen LogP contribution in [-0.2, 0) is 11.3 Å². The predicted molar refractivity (Wildman–Crippen MR) is 63.1 cm³/mol. The zero-order chi connectivity index (χ0) is 12.3. The van der Waals surface area contributed by atoms with Gasteiger partial charge in [-0.05, 0) is 25.5 Å². The fourth-order valence-corrected chi connectivity index (χ4v) is 1.72. The number of ether oxygens (including phenoxy) is 1. The number of hydrogen-bond acceptors (Lipinski definition) is 3. The van der Waals surface area contributed by atoms with Crippen molar-refractivity contribution in [1.29, 1.82) is 5.41 Å². The van der Waals surface area contributed by atoms with Gasteiger partial charge in [0.05, 0.1) is 12.2 Å². The Labute approximate surface area is 94.4 Å². The van der Waals surface area contributed by atoms with Gasteiger partial charge in [-0.25, -0.2) is 0 Å². The molecule has 0 saturated heterocycles. The highest BCUT2D eigenvalue weighted by atomic mass is 16.5. The predicted octanol–water partition coefficient (Wildman–Crippen LogP) is 0.396. The van der Waals surface area contributed by atoms with Gasteiger partial charge in [0.1, 0.15) is 5.84 Å². The van der Waals surface area contributed by atoms with E-state index in [0.717, 1.165) is 11.3 Å². The van der Waals surface area contributed by atoms with E-state index in [9.17, 15) is 4.79 Å². The van der Waals surface area contributed by atoms with Crippen molar-refractivity contribution < 1.29 is 4.74 Å². The molecular weight excluding hydrogens is 206 g/mol. The summed E-state index contributed by atoms with van der Waals surface area (Å²) in [4.78, 5) is 12.0. The van der Waals surface area contributed by atoms with Gasteiger partial charge < -0.3 is 15.0 Å². The minimum atomic E-state index is -0.220. The third kappa shape index (κ3) is 2.30. The van der Waals surface area contributed by atoms with Crippen molar-refractivity contribution in [3.63, 3.8) is 0 Å². The maximum absolute atomic E-state index is 12.0. The molecule has 0 radical (unpaired) electrons. The number of rotatable bonds is 4. The van der Waals surface area contributed by atoms with Crippen LogP contribution < -0.4 is 11.3 Å². The Hall–Kier alpha value is -1.62. The van der Waals surface area contributed by atoms with Gasteiger partial charge in [-0.15, -0.1) is 0 Å². The molecule has 1 aromatic rings. The lowest BCUT2D eigenvalue weighted by atomic mass is 10.1. The molecule has 0 saturated carbocycles. The molecule has 5 heteroatoms. The van der Waals surface area contributed by atoms with Gasteiger partial charge >= 0.3 is 0 Å². The molecule has 0 aliphatic carbocycles. The Morgan fingerprint density at radius 1 is 1.56 bits per heavy atom. The van der Waals surface area contributed by atoms with Crippen LogP contribution in [0.5, 0.6) is 0 Å². The number of nitrogens with one attached hydrogen (secondary N) is 1. The summed E-state index contributed by atoms with van der Waals surface area (Å²) in [6, 6.07) is 1.85. The SMILES string of the molecule is COCCn1c(C)cc(C)c(C(=N)N)c1=O. The van der Waals surface area contributed by atoms with Gasteiger partial charge in [0.25, 0.3) is 5.56 Å². The van der Waals surface area contributed by atoms with Crippen molar-refractivity contribution in [3.8, 4) is 0 Å². The average molecular weight is 223 g/mol. The molecule has 1 aromatic heterocycles. The first-order valence-electron chi connectivity index (χ1n) is 5.03. The molecule has 1 heterocycles. The number of nitrogen functional groups attached to an aromatic ring is 1. The third-order valence-electron chi connectivity index (χ3n) is 2.49. The first-order valence-corrected chi connectivity index (χ1v) is 5.03. The van der Waals surface area contributed by atoms with Crippen LogP contribution in [0, 0.1) is 19.3 Å². The summed E-state index contributed by atoms with van der Waals surface area (Å²) in [7, 11) is 1.58. The standard InChI is InChI=1S/C11H17N3O2/c1-7-6-8(2)14(4-5-16-3)11(15)9(7)10(12)13/h6H,4-5H2,1-3H3,(H3,12,13). The van der Waals surface area contributed by atoms with E-state index < -0.39 is 0 Å². The molecule has 0 atom stereocenters. The molecule has 0 aliphatic rings. The van der Waals surface area contributed by atoms with Crippen LogP contribution in [0.15, 0.2) is 10.9 Å². The molecular formula is C11H17N3O2.